The summed E-state index contributed by atoms with van der Waals surface area (Å²) in [5, 5.41) is 13.0. The van der Waals surface area contributed by atoms with Gasteiger partial charge in [0.2, 0.25) is 0 Å². The first-order valence-corrected chi connectivity index (χ1v) is 6.60. The first-order chi connectivity index (χ1) is 8.61. The topological polar surface area (TPSA) is 75.6 Å². The monoisotopic (exact) mass is 273 g/mol. The van der Waals surface area contributed by atoms with Crippen molar-refractivity contribution in [3.63, 3.8) is 0 Å². The van der Waals surface area contributed by atoms with Crippen molar-refractivity contribution in [1.29, 1.82) is 0 Å². The minimum absolute atomic E-state index is 0.0707. The van der Waals surface area contributed by atoms with Gasteiger partial charge in [-0.2, -0.15) is 0 Å². The lowest BCUT2D eigenvalue weighted by Gasteiger charge is -2.21. The van der Waals surface area contributed by atoms with Crippen LogP contribution in [-0.2, 0) is 4.74 Å². The molecule has 0 bridgehead atoms. The molecule has 0 aliphatic carbocycles. The molecule has 1 heterocycles. The number of aliphatic hydroxyl groups is 1. The van der Waals surface area contributed by atoms with E-state index >= 15 is 0 Å². The van der Waals surface area contributed by atoms with Crippen molar-refractivity contribution in [3.05, 3.63) is 10.6 Å². The van der Waals surface area contributed by atoms with Gasteiger partial charge in [0.25, 0.3) is 5.91 Å². The number of methoxy groups -OCH3 is 1. The van der Waals surface area contributed by atoms with Crippen molar-refractivity contribution in [3.8, 4) is 0 Å². The molecule has 1 aromatic heterocycles. The standard InChI is InChI=1S/C11H19N3O3S/c1-8(2)9-10(18-13-12-9)11(16)14(4-6-15)5-7-17-3/h8,15H,4-7H2,1-3H3. The van der Waals surface area contributed by atoms with Crippen LogP contribution in [0.2, 0.25) is 0 Å². The Morgan fingerprint density at radius 2 is 2.22 bits per heavy atom. The van der Waals surface area contributed by atoms with Crippen LogP contribution in [0.25, 0.3) is 0 Å². The molecule has 1 rings (SSSR count). The zero-order chi connectivity index (χ0) is 13.5. The van der Waals surface area contributed by atoms with Crippen LogP contribution in [0.4, 0.5) is 0 Å². The van der Waals surface area contributed by atoms with Gasteiger partial charge in [0.15, 0.2) is 0 Å². The first kappa shape index (κ1) is 15.0. The summed E-state index contributed by atoms with van der Waals surface area (Å²) >= 11 is 1.10. The van der Waals surface area contributed by atoms with Gasteiger partial charge in [0, 0.05) is 20.2 Å². The van der Waals surface area contributed by atoms with Gasteiger partial charge in [0.1, 0.15) is 4.88 Å². The molecule has 1 N–H and O–H groups in total. The summed E-state index contributed by atoms with van der Waals surface area (Å²) in [6.07, 6.45) is 0. The van der Waals surface area contributed by atoms with Crippen LogP contribution < -0.4 is 0 Å². The Bertz CT molecular complexity index is 381. The summed E-state index contributed by atoms with van der Waals surface area (Å²) < 4.78 is 8.80. The zero-order valence-electron chi connectivity index (χ0n) is 10.9. The number of aliphatic hydroxyl groups excluding tert-OH is 1. The number of ether oxygens (including phenoxy) is 1. The third kappa shape index (κ3) is 3.72. The molecule has 0 saturated heterocycles. The smallest absolute Gasteiger partial charge is 0.267 e. The molecule has 102 valence electrons. The number of amides is 1. The highest BCUT2D eigenvalue weighted by Gasteiger charge is 2.23. The second kappa shape index (κ2) is 7.40. The molecule has 0 unspecified atom stereocenters. The van der Waals surface area contributed by atoms with E-state index in [9.17, 15) is 4.79 Å². The second-order valence-electron chi connectivity index (χ2n) is 4.15. The van der Waals surface area contributed by atoms with Crippen molar-refractivity contribution in [2.24, 2.45) is 0 Å². The van der Waals surface area contributed by atoms with E-state index in [0.717, 1.165) is 11.5 Å². The molecule has 0 aromatic carbocycles. The maximum atomic E-state index is 12.3. The number of carbonyl (C=O) groups excluding carboxylic acids is 1. The Hall–Kier alpha value is -1.05. The summed E-state index contributed by atoms with van der Waals surface area (Å²) in [6.45, 7) is 5.05. The predicted molar refractivity (Wildman–Crippen MR) is 68.9 cm³/mol. The van der Waals surface area contributed by atoms with Gasteiger partial charge < -0.3 is 14.7 Å². The number of carbonyl (C=O) groups is 1. The van der Waals surface area contributed by atoms with Gasteiger partial charge >= 0.3 is 0 Å². The van der Waals surface area contributed by atoms with Gasteiger partial charge in [-0.15, -0.1) is 5.10 Å². The van der Waals surface area contributed by atoms with Crippen LogP contribution in [0.15, 0.2) is 0 Å². The van der Waals surface area contributed by atoms with E-state index in [4.69, 9.17) is 9.84 Å². The SMILES string of the molecule is COCCN(CCO)C(=O)c1snnc1C(C)C. The molecule has 18 heavy (non-hydrogen) atoms. The highest BCUT2D eigenvalue weighted by Crippen LogP contribution is 2.21. The lowest BCUT2D eigenvalue weighted by Crippen LogP contribution is -2.36. The highest BCUT2D eigenvalue weighted by molar-refractivity contribution is 7.08. The van der Waals surface area contributed by atoms with Crippen LogP contribution in [0, 0.1) is 0 Å². The van der Waals surface area contributed by atoms with Gasteiger partial charge in [0.05, 0.1) is 18.9 Å². The number of nitrogens with zero attached hydrogens (tertiary/aromatic N) is 3. The molecule has 0 aliphatic rings. The Labute approximate surface area is 111 Å². The van der Waals surface area contributed by atoms with E-state index in [1.807, 2.05) is 13.8 Å². The van der Waals surface area contributed by atoms with Crippen LogP contribution in [0.1, 0.15) is 35.1 Å². The number of hydrogen-bond acceptors (Lipinski definition) is 6. The summed E-state index contributed by atoms with van der Waals surface area (Å²) in [5.74, 6) is 0.0147. The Morgan fingerprint density at radius 3 is 2.78 bits per heavy atom. The molecule has 1 aromatic rings. The van der Waals surface area contributed by atoms with Gasteiger partial charge in [-0.05, 0) is 17.5 Å². The number of hydrogen-bond donors (Lipinski definition) is 1. The van der Waals surface area contributed by atoms with E-state index in [-0.39, 0.29) is 25.0 Å². The average molecular weight is 273 g/mol. The van der Waals surface area contributed by atoms with Crippen LogP contribution in [0.3, 0.4) is 0 Å². The fraction of sp³-hybridized carbons (Fsp3) is 0.727. The van der Waals surface area contributed by atoms with Gasteiger partial charge in [-0.25, -0.2) is 0 Å². The number of rotatable bonds is 7. The van der Waals surface area contributed by atoms with Crippen molar-refractivity contribution in [2.75, 3.05) is 33.4 Å². The third-order valence-electron chi connectivity index (χ3n) is 2.48. The summed E-state index contributed by atoms with van der Waals surface area (Å²) in [6, 6.07) is 0. The van der Waals surface area contributed by atoms with Crippen molar-refractivity contribution < 1.29 is 14.6 Å². The molecule has 1 amide bonds. The summed E-state index contributed by atoms with van der Waals surface area (Å²) in [7, 11) is 1.58. The minimum atomic E-state index is -0.139. The van der Waals surface area contributed by atoms with Gasteiger partial charge in [-0.1, -0.05) is 18.3 Å². The molecular weight excluding hydrogens is 254 g/mol. The summed E-state index contributed by atoms with van der Waals surface area (Å²) in [4.78, 5) is 14.4. The lowest BCUT2D eigenvalue weighted by molar-refractivity contribution is 0.0659. The molecule has 0 aliphatic heterocycles. The van der Waals surface area contributed by atoms with Crippen LogP contribution in [-0.4, -0.2) is 58.9 Å². The maximum Gasteiger partial charge on any atom is 0.267 e. The highest BCUT2D eigenvalue weighted by atomic mass is 32.1. The van der Waals surface area contributed by atoms with Crippen LogP contribution >= 0.6 is 11.5 Å². The molecule has 0 spiro atoms. The second-order valence-corrected chi connectivity index (χ2v) is 4.90. The molecule has 0 radical (unpaired) electrons. The maximum absolute atomic E-state index is 12.3. The summed E-state index contributed by atoms with van der Waals surface area (Å²) in [5.41, 5.74) is 0.713. The Morgan fingerprint density at radius 1 is 1.50 bits per heavy atom. The molecule has 0 saturated carbocycles. The fourth-order valence-electron chi connectivity index (χ4n) is 1.50. The normalized spacial score (nSPS) is 10.9. The first-order valence-electron chi connectivity index (χ1n) is 5.83. The number of aromatic nitrogens is 2. The third-order valence-corrected chi connectivity index (χ3v) is 3.21. The largest absolute Gasteiger partial charge is 0.395 e. The molecule has 0 atom stereocenters. The predicted octanol–water partition coefficient (Wildman–Crippen LogP) is 0.742. The van der Waals surface area contributed by atoms with E-state index < -0.39 is 0 Å². The van der Waals surface area contributed by atoms with Crippen LogP contribution in [0.5, 0.6) is 0 Å². The van der Waals surface area contributed by atoms with E-state index in [0.29, 0.717) is 23.7 Å². The van der Waals surface area contributed by atoms with Crippen molar-refractivity contribution in [1.82, 2.24) is 14.5 Å². The molecule has 0 fully saturated rings. The van der Waals surface area contributed by atoms with Crippen molar-refractivity contribution >= 4 is 17.4 Å². The average Bonchev–Trinajstić information content (AvgIpc) is 2.82. The van der Waals surface area contributed by atoms with Gasteiger partial charge in [-0.3, -0.25) is 4.79 Å². The lowest BCUT2D eigenvalue weighted by atomic mass is 10.1. The Balaban J connectivity index is 2.84. The molecule has 7 heteroatoms. The quantitative estimate of drug-likeness (QED) is 0.793. The molecule has 6 nitrogen and oxygen atoms in total. The van der Waals surface area contributed by atoms with E-state index in [1.54, 1.807) is 12.0 Å². The van der Waals surface area contributed by atoms with Crippen molar-refractivity contribution in [2.45, 2.75) is 19.8 Å². The zero-order valence-corrected chi connectivity index (χ0v) is 11.7. The van der Waals surface area contributed by atoms with E-state index in [1.165, 1.54) is 0 Å². The van der Waals surface area contributed by atoms with E-state index in [2.05, 4.69) is 9.59 Å². The fourth-order valence-corrected chi connectivity index (χ4v) is 2.29. The molecular formula is C11H19N3O3S. The minimum Gasteiger partial charge on any atom is -0.395 e. The Kier molecular flexibility index (Phi) is 6.17.